The number of amides is 2. The van der Waals surface area contributed by atoms with E-state index in [1.165, 1.54) is 6.92 Å². The van der Waals surface area contributed by atoms with Crippen LogP contribution in [0.1, 0.15) is 25.5 Å². The highest BCUT2D eigenvalue weighted by Crippen LogP contribution is 2.26. The van der Waals surface area contributed by atoms with Gasteiger partial charge in [0.2, 0.25) is 0 Å². The van der Waals surface area contributed by atoms with Gasteiger partial charge in [0.15, 0.2) is 12.7 Å². The first-order chi connectivity index (χ1) is 14.3. The summed E-state index contributed by atoms with van der Waals surface area (Å²) >= 11 is 12.0. The standard InChI is InChI=1S/C21H22Cl2N2O5/c1-13(17-9-8-15(22)10-18(17)23)25-21(28)14(2)30-20(27)11-24-19(26)12-29-16-6-4-3-5-7-16/h3-10,13-14H,11-12H2,1-2H3,(H,24,26)(H,25,28). The molecule has 0 spiro atoms. The Labute approximate surface area is 184 Å². The number of benzene rings is 2. The van der Waals surface area contributed by atoms with Gasteiger partial charge in [0, 0.05) is 10.0 Å². The highest BCUT2D eigenvalue weighted by Gasteiger charge is 2.21. The fraction of sp³-hybridized carbons (Fsp3) is 0.286. The second-order valence-corrected chi connectivity index (χ2v) is 7.25. The number of nitrogens with one attached hydrogen (secondary N) is 2. The van der Waals surface area contributed by atoms with Gasteiger partial charge in [-0.1, -0.05) is 47.5 Å². The minimum atomic E-state index is -1.05. The fourth-order valence-corrected chi connectivity index (χ4v) is 3.01. The normalized spacial score (nSPS) is 12.4. The molecule has 0 heterocycles. The molecule has 0 radical (unpaired) electrons. The Morgan fingerprint density at radius 3 is 2.40 bits per heavy atom. The van der Waals surface area contributed by atoms with Gasteiger partial charge in [-0.3, -0.25) is 14.4 Å². The van der Waals surface area contributed by atoms with E-state index in [0.29, 0.717) is 21.4 Å². The van der Waals surface area contributed by atoms with Crippen molar-refractivity contribution >= 4 is 41.0 Å². The summed E-state index contributed by atoms with van der Waals surface area (Å²) in [5, 5.41) is 5.99. The topological polar surface area (TPSA) is 93.7 Å². The van der Waals surface area contributed by atoms with E-state index >= 15 is 0 Å². The second-order valence-electron chi connectivity index (χ2n) is 6.41. The van der Waals surface area contributed by atoms with Crippen LogP contribution in [0.15, 0.2) is 48.5 Å². The number of rotatable bonds is 9. The zero-order chi connectivity index (χ0) is 22.1. The van der Waals surface area contributed by atoms with Crippen molar-refractivity contribution in [3.8, 4) is 5.75 Å². The van der Waals surface area contributed by atoms with Gasteiger partial charge in [0.1, 0.15) is 12.3 Å². The highest BCUT2D eigenvalue weighted by atomic mass is 35.5. The fourth-order valence-electron chi connectivity index (χ4n) is 2.44. The van der Waals surface area contributed by atoms with E-state index in [2.05, 4.69) is 10.6 Å². The largest absolute Gasteiger partial charge is 0.484 e. The van der Waals surface area contributed by atoms with Crippen LogP contribution in [0.4, 0.5) is 0 Å². The minimum Gasteiger partial charge on any atom is -0.484 e. The molecule has 2 rings (SSSR count). The highest BCUT2D eigenvalue weighted by molar-refractivity contribution is 6.35. The van der Waals surface area contributed by atoms with Crippen molar-refractivity contribution in [3.05, 3.63) is 64.1 Å². The van der Waals surface area contributed by atoms with Gasteiger partial charge in [0.05, 0.1) is 6.04 Å². The van der Waals surface area contributed by atoms with Crippen LogP contribution in [-0.4, -0.2) is 37.0 Å². The molecule has 2 amide bonds. The third-order valence-corrected chi connectivity index (χ3v) is 4.57. The molecule has 0 bridgehead atoms. The van der Waals surface area contributed by atoms with Gasteiger partial charge in [-0.05, 0) is 43.7 Å². The Hall–Kier alpha value is -2.77. The Bertz CT molecular complexity index is 892. The molecule has 2 N–H and O–H groups in total. The number of hydrogen-bond donors (Lipinski definition) is 2. The van der Waals surface area contributed by atoms with Crippen molar-refractivity contribution in [2.24, 2.45) is 0 Å². The Kier molecular flexibility index (Phi) is 8.95. The molecule has 0 aromatic heterocycles. The van der Waals surface area contributed by atoms with Gasteiger partial charge in [0.25, 0.3) is 11.8 Å². The van der Waals surface area contributed by atoms with Crippen LogP contribution in [0.3, 0.4) is 0 Å². The summed E-state index contributed by atoms with van der Waals surface area (Å²) in [7, 11) is 0. The molecule has 0 aliphatic heterocycles. The molecule has 0 aliphatic rings. The molecule has 0 saturated carbocycles. The monoisotopic (exact) mass is 452 g/mol. The summed E-state index contributed by atoms with van der Waals surface area (Å²) in [6.45, 7) is 2.55. The van der Waals surface area contributed by atoms with Gasteiger partial charge in [-0.25, -0.2) is 0 Å². The molecule has 160 valence electrons. The lowest BCUT2D eigenvalue weighted by atomic mass is 10.1. The number of ether oxygens (including phenoxy) is 2. The van der Waals surface area contributed by atoms with Crippen molar-refractivity contribution in [1.29, 1.82) is 0 Å². The van der Waals surface area contributed by atoms with Crippen LogP contribution in [0.2, 0.25) is 10.0 Å². The predicted octanol–water partition coefficient (Wildman–Crippen LogP) is 3.30. The second kappa shape index (κ2) is 11.4. The molecule has 0 saturated heterocycles. The average molecular weight is 453 g/mol. The van der Waals surface area contributed by atoms with E-state index in [0.717, 1.165) is 0 Å². The smallest absolute Gasteiger partial charge is 0.326 e. The number of halogens is 2. The summed E-state index contributed by atoms with van der Waals surface area (Å²) in [5.41, 5.74) is 0.679. The number of esters is 1. The van der Waals surface area contributed by atoms with Gasteiger partial charge < -0.3 is 20.1 Å². The number of carbonyl (C=O) groups is 3. The third-order valence-electron chi connectivity index (χ3n) is 4.01. The van der Waals surface area contributed by atoms with Gasteiger partial charge in [-0.2, -0.15) is 0 Å². The molecule has 0 aliphatic carbocycles. The van der Waals surface area contributed by atoms with Crippen molar-refractivity contribution in [1.82, 2.24) is 10.6 Å². The van der Waals surface area contributed by atoms with Crippen molar-refractivity contribution < 1.29 is 23.9 Å². The van der Waals surface area contributed by atoms with Crippen LogP contribution < -0.4 is 15.4 Å². The maximum atomic E-state index is 12.3. The van der Waals surface area contributed by atoms with Crippen LogP contribution in [0.5, 0.6) is 5.75 Å². The van der Waals surface area contributed by atoms with E-state index in [9.17, 15) is 14.4 Å². The van der Waals surface area contributed by atoms with Crippen molar-refractivity contribution in [2.45, 2.75) is 26.0 Å². The first-order valence-electron chi connectivity index (χ1n) is 9.15. The number of hydrogen-bond acceptors (Lipinski definition) is 5. The first kappa shape index (κ1) is 23.5. The zero-order valence-electron chi connectivity index (χ0n) is 16.5. The van der Waals surface area contributed by atoms with Crippen molar-refractivity contribution in [3.63, 3.8) is 0 Å². The summed E-state index contributed by atoms with van der Waals surface area (Å²) in [6.07, 6.45) is -1.05. The summed E-state index contributed by atoms with van der Waals surface area (Å²) in [5.74, 6) is -1.20. The molecule has 7 nitrogen and oxygen atoms in total. The van der Waals surface area contributed by atoms with E-state index in [-0.39, 0.29) is 13.2 Å². The molecular weight excluding hydrogens is 431 g/mol. The molecule has 2 aromatic carbocycles. The number of carbonyl (C=O) groups excluding carboxylic acids is 3. The lowest BCUT2D eigenvalue weighted by Crippen LogP contribution is -2.40. The van der Waals surface area contributed by atoms with Crippen LogP contribution in [-0.2, 0) is 19.1 Å². The molecule has 0 fully saturated rings. The summed E-state index contributed by atoms with van der Waals surface area (Å²) in [6, 6.07) is 13.3. The first-order valence-corrected chi connectivity index (χ1v) is 9.91. The maximum Gasteiger partial charge on any atom is 0.326 e. The average Bonchev–Trinajstić information content (AvgIpc) is 2.71. The lowest BCUT2D eigenvalue weighted by molar-refractivity contribution is -0.154. The maximum absolute atomic E-state index is 12.3. The van der Waals surface area contributed by atoms with Crippen LogP contribution in [0, 0.1) is 0 Å². The zero-order valence-corrected chi connectivity index (χ0v) is 18.0. The van der Waals surface area contributed by atoms with Gasteiger partial charge >= 0.3 is 5.97 Å². The Morgan fingerprint density at radius 1 is 1.03 bits per heavy atom. The predicted molar refractivity (Wildman–Crippen MR) is 114 cm³/mol. The summed E-state index contributed by atoms with van der Waals surface area (Å²) < 4.78 is 10.3. The lowest BCUT2D eigenvalue weighted by Gasteiger charge is -2.19. The van der Waals surface area contributed by atoms with E-state index in [4.69, 9.17) is 32.7 Å². The van der Waals surface area contributed by atoms with Gasteiger partial charge in [-0.15, -0.1) is 0 Å². The molecule has 2 unspecified atom stereocenters. The van der Waals surface area contributed by atoms with E-state index in [1.807, 2.05) is 6.07 Å². The molecule has 30 heavy (non-hydrogen) atoms. The molecule has 2 aromatic rings. The van der Waals surface area contributed by atoms with Crippen LogP contribution >= 0.6 is 23.2 Å². The number of para-hydroxylation sites is 1. The van der Waals surface area contributed by atoms with Crippen LogP contribution in [0.25, 0.3) is 0 Å². The quantitative estimate of drug-likeness (QED) is 0.569. The molecule has 9 heteroatoms. The Morgan fingerprint density at radius 2 is 1.73 bits per heavy atom. The summed E-state index contributed by atoms with van der Waals surface area (Å²) in [4.78, 5) is 35.9. The molecule has 2 atom stereocenters. The third kappa shape index (κ3) is 7.57. The van der Waals surface area contributed by atoms with E-state index < -0.39 is 29.9 Å². The van der Waals surface area contributed by atoms with E-state index in [1.54, 1.807) is 49.4 Å². The minimum absolute atomic E-state index is 0.243. The molecular formula is C21H22Cl2N2O5. The Balaban J connectivity index is 1.73. The van der Waals surface area contributed by atoms with Crippen molar-refractivity contribution in [2.75, 3.05) is 13.2 Å². The SMILES string of the molecule is CC(OC(=O)CNC(=O)COc1ccccc1)C(=O)NC(C)c1ccc(Cl)cc1Cl.